The van der Waals surface area contributed by atoms with Gasteiger partial charge in [0.1, 0.15) is 6.04 Å². The topological polar surface area (TPSA) is 108 Å². The van der Waals surface area contributed by atoms with Crippen molar-refractivity contribution >= 4 is 13.6 Å². The Hall–Kier alpha value is -1.24. The summed E-state index contributed by atoms with van der Waals surface area (Å²) in [5.41, 5.74) is 4.66. The number of hydrogen-bond donors (Lipinski definition) is 2. The summed E-state index contributed by atoms with van der Waals surface area (Å²) >= 11 is 0. The lowest BCUT2D eigenvalue weighted by Gasteiger charge is -2.34. The molecule has 0 spiro atoms. The van der Waals surface area contributed by atoms with Gasteiger partial charge in [0.05, 0.1) is 19.7 Å². The van der Waals surface area contributed by atoms with E-state index in [1.54, 1.807) is 53.7 Å². The van der Waals surface area contributed by atoms with E-state index in [1.165, 1.54) is 19.2 Å². The second-order valence-electron chi connectivity index (χ2n) is 8.26. The SMILES string of the molecule is [2H]C(O)(c1ccc(C[C@H](N)C(=O)OC)cc1)P(=O)(OC(C)(C)C)OC(C)(C)C. The van der Waals surface area contributed by atoms with Gasteiger partial charge in [-0.3, -0.25) is 9.36 Å². The van der Waals surface area contributed by atoms with Crippen molar-refractivity contribution in [3.05, 3.63) is 35.4 Å². The molecule has 154 valence electrons. The van der Waals surface area contributed by atoms with Crippen molar-refractivity contribution < 1.29 is 29.6 Å². The van der Waals surface area contributed by atoms with Gasteiger partial charge in [-0.05, 0) is 59.1 Å². The van der Waals surface area contributed by atoms with Crippen LogP contribution in [0.3, 0.4) is 0 Å². The lowest BCUT2D eigenvalue weighted by atomic mass is 10.0. The van der Waals surface area contributed by atoms with Gasteiger partial charge in [-0.2, -0.15) is 0 Å². The van der Waals surface area contributed by atoms with Crippen LogP contribution in [-0.2, 0) is 29.6 Å². The highest BCUT2D eigenvalue weighted by Crippen LogP contribution is 2.63. The largest absolute Gasteiger partial charge is 0.468 e. The summed E-state index contributed by atoms with van der Waals surface area (Å²) in [6.07, 6.45) is 0.220. The summed E-state index contributed by atoms with van der Waals surface area (Å²) in [5, 5.41) is 10.9. The molecule has 0 heterocycles. The van der Waals surface area contributed by atoms with E-state index in [2.05, 4.69) is 4.74 Å². The van der Waals surface area contributed by atoms with Crippen molar-refractivity contribution in [2.45, 2.75) is 71.0 Å². The summed E-state index contributed by atoms with van der Waals surface area (Å²) < 4.78 is 37.7. The molecule has 1 aromatic rings. The molecule has 0 saturated carbocycles. The Bertz CT molecular complexity index is 701. The first-order valence-corrected chi connectivity index (χ1v) is 10.2. The number of nitrogens with two attached hydrogens (primary N) is 1. The number of esters is 1. The van der Waals surface area contributed by atoms with Crippen LogP contribution in [0.4, 0.5) is 0 Å². The van der Waals surface area contributed by atoms with Crippen LogP contribution >= 0.6 is 7.60 Å². The molecule has 0 fully saturated rings. The van der Waals surface area contributed by atoms with E-state index in [4.69, 9.17) is 16.2 Å². The average Bonchev–Trinajstić information content (AvgIpc) is 2.50. The number of hydrogen-bond acceptors (Lipinski definition) is 7. The fourth-order valence-corrected chi connectivity index (χ4v) is 4.38. The zero-order valence-electron chi connectivity index (χ0n) is 18.1. The summed E-state index contributed by atoms with van der Waals surface area (Å²) in [4.78, 5) is 11.5. The van der Waals surface area contributed by atoms with Crippen LogP contribution in [-0.4, -0.2) is 35.4 Å². The third kappa shape index (κ3) is 7.72. The van der Waals surface area contributed by atoms with Crippen molar-refractivity contribution in [3.8, 4) is 0 Å². The van der Waals surface area contributed by atoms with Crippen molar-refractivity contribution in [1.29, 1.82) is 0 Å². The van der Waals surface area contributed by atoms with E-state index in [0.29, 0.717) is 5.56 Å². The third-order valence-electron chi connectivity index (χ3n) is 3.22. The monoisotopic (exact) mass is 402 g/mol. The molecule has 0 aliphatic carbocycles. The maximum atomic E-state index is 13.5. The smallest absolute Gasteiger partial charge is 0.364 e. The number of ether oxygens (including phenoxy) is 1. The minimum atomic E-state index is -4.33. The van der Waals surface area contributed by atoms with E-state index in [9.17, 15) is 14.5 Å². The number of methoxy groups -OCH3 is 1. The second kappa shape index (κ2) is 8.84. The van der Waals surface area contributed by atoms with Gasteiger partial charge in [0, 0.05) is 0 Å². The minimum absolute atomic E-state index is 0.0414. The van der Waals surface area contributed by atoms with Gasteiger partial charge in [-0.25, -0.2) is 0 Å². The molecule has 1 aromatic carbocycles. The first-order valence-electron chi connectivity index (χ1n) is 9.17. The van der Waals surface area contributed by atoms with Gasteiger partial charge in [0.2, 0.25) is 0 Å². The highest BCUT2D eigenvalue weighted by molar-refractivity contribution is 7.54. The summed E-state index contributed by atoms with van der Waals surface area (Å²) in [6.45, 7) is 9.99. The van der Waals surface area contributed by atoms with Gasteiger partial charge >= 0.3 is 13.6 Å². The summed E-state index contributed by atoms with van der Waals surface area (Å²) in [7, 11) is -3.07. The molecule has 8 heteroatoms. The van der Waals surface area contributed by atoms with E-state index >= 15 is 0 Å². The Kier molecular flexibility index (Phi) is 7.22. The molecule has 0 aliphatic heterocycles. The number of benzene rings is 1. The van der Waals surface area contributed by atoms with Gasteiger partial charge < -0.3 is 24.6 Å². The Morgan fingerprint density at radius 2 is 1.59 bits per heavy atom. The molecular formula is C19H32NO6P. The molecule has 0 aliphatic rings. The van der Waals surface area contributed by atoms with E-state index in [-0.39, 0.29) is 12.0 Å². The molecule has 0 amide bonds. The lowest BCUT2D eigenvalue weighted by molar-refractivity contribution is -0.142. The van der Waals surface area contributed by atoms with E-state index in [0.717, 1.165) is 0 Å². The van der Waals surface area contributed by atoms with E-state index < -0.39 is 36.6 Å². The molecule has 3 N–H and O–H groups in total. The quantitative estimate of drug-likeness (QED) is 0.530. The molecule has 1 unspecified atom stereocenters. The number of carbonyl (C=O) groups is 1. The molecule has 27 heavy (non-hydrogen) atoms. The fourth-order valence-electron chi connectivity index (χ4n) is 2.26. The van der Waals surface area contributed by atoms with Crippen LogP contribution in [0.15, 0.2) is 24.3 Å². The van der Waals surface area contributed by atoms with Gasteiger partial charge in [0.25, 0.3) is 0 Å². The van der Waals surface area contributed by atoms with Gasteiger partial charge in [0.15, 0.2) is 5.82 Å². The molecule has 0 saturated heterocycles. The van der Waals surface area contributed by atoms with Crippen LogP contribution < -0.4 is 5.73 Å². The van der Waals surface area contributed by atoms with Crippen LogP contribution in [0, 0.1) is 0 Å². The highest BCUT2D eigenvalue weighted by Gasteiger charge is 2.42. The van der Waals surface area contributed by atoms with Crippen molar-refractivity contribution in [2.75, 3.05) is 7.11 Å². The fraction of sp³-hybridized carbons (Fsp3) is 0.632. The van der Waals surface area contributed by atoms with Crippen molar-refractivity contribution in [1.82, 2.24) is 0 Å². The van der Waals surface area contributed by atoms with Crippen LogP contribution in [0.1, 0.15) is 59.9 Å². The summed E-state index contributed by atoms with van der Waals surface area (Å²) in [5.74, 6) is -3.17. The zero-order chi connectivity index (χ0) is 22.0. The third-order valence-corrected chi connectivity index (χ3v) is 5.57. The molecule has 0 radical (unpaired) electrons. The molecule has 1 rings (SSSR count). The maximum Gasteiger partial charge on any atom is 0.364 e. The number of aliphatic hydroxyl groups is 1. The van der Waals surface area contributed by atoms with Crippen LogP contribution in [0.5, 0.6) is 0 Å². The minimum Gasteiger partial charge on any atom is -0.468 e. The highest BCUT2D eigenvalue weighted by atomic mass is 31.2. The first-order chi connectivity index (χ1) is 12.5. The number of rotatable bonds is 7. The molecule has 2 atom stereocenters. The first kappa shape index (κ1) is 22.1. The normalized spacial score (nSPS) is 17.0. The van der Waals surface area contributed by atoms with Gasteiger partial charge in [-0.1, -0.05) is 24.3 Å². The number of carbonyl (C=O) groups excluding carboxylic acids is 1. The van der Waals surface area contributed by atoms with Crippen LogP contribution in [0.25, 0.3) is 0 Å². The van der Waals surface area contributed by atoms with Crippen LogP contribution in [0.2, 0.25) is 0 Å². The maximum absolute atomic E-state index is 13.5. The lowest BCUT2D eigenvalue weighted by Crippen LogP contribution is -2.33. The van der Waals surface area contributed by atoms with Crippen molar-refractivity contribution in [3.63, 3.8) is 0 Å². The Labute approximate surface area is 163 Å². The standard InChI is InChI=1S/C19H32NO6P/c1-18(2,3)25-27(23,26-19(4,5)6)17(22)14-10-8-13(9-11-14)12-15(20)16(21)24-7/h8-11,15,17,22H,12,20H2,1-7H3/t15-,17?/m0/s1/i17D. The molecule has 0 aromatic heterocycles. The molecule has 0 bridgehead atoms. The van der Waals surface area contributed by atoms with Crippen molar-refractivity contribution in [2.24, 2.45) is 5.73 Å². The average molecular weight is 402 g/mol. The summed E-state index contributed by atoms with van der Waals surface area (Å²) in [6, 6.07) is 5.24. The van der Waals surface area contributed by atoms with E-state index in [1.807, 2.05) is 0 Å². The molecular weight excluding hydrogens is 369 g/mol. The predicted molar refractivity (Wildman–Crippen MR) is 104 cm³/mol. The van der Waals surface area contributed by atoms with Gasteiger partial charge in [-0.15, -0.1) is 0 Å². The second-order valence-corrected chi connectivity index (χ2v) is 10.0. The Morgan fingerprint density at radius 3 is 1.96 bits per heavy atom. The zero-order valence-corrected chi connectivity index (χ0v) is 18.0. The Balaban J connectivity index is 3.22. The molecule has 7 nitrogen and oxygen atoms in total. The predicted octanol–water partition coefficient (Wildman–Crippen LogP) is 3.54. The Morgan fingerprint density at radius 1 is 1.15 bits per heavy atom.